The fraction of sp³-hybridized carbons (Fsp3) is 0. The van der Waals surface area contributed by atoms with Crippen LogP contribution in [0, 0.1) is 0 Å². The first-order valence-corrected chi connectivity index (χ1v) is 7.98. The van der Waals surface area contributed by atoms with E-state index < -0.39 is 0 Å². The van der Waals surface area contributed by atoms with E-state index in [9.17, 15) is 4.79 Å². The molecule has 1 nitrogen and oxygen atoms in total. The van der Waals surface area contributed by atoms with Crippen molar-refractivity contribution < 1.29 is 4.79 Å². The molecule has 0 aliphatic heterocycles. The predicted molar refractivity (Wildman–Crippen MR) is 100 cm³/mol. The van der Waals surface area contributed by atoms with Crippen LogP contribution in [0.5, 0.6) is 0 Å². The maximum absolute atomic E-state index is 10.9. The third-order valence-electron chi connectivity index (χ3n) is 4.33. The first-order chi connectivity index (χ1) is 11.8. The molecule has 4 aromatic carbocycles. The molecule has 114 valence electrons. The minimum atomic E-state index is 0.711. The molecule has 0 atom stereocenters. The first-order valence-electron chi connectivity index (χ1n) is 7.98. The Hall–Kier alpha value is -3.19. The topological polar surface area (TPSA) is 17.1 Å². The fourth-order valence-corrected chi connectivity index (χ4v) is 3.00. The van der Waals surface area contributed by atoms with E-state index >= 15 is 0 Å². The smallest absolute Gasteiger partial charge is 0.150 e. The lowest BCUT2D eigenvalue weighted by Crippen LogP contribution is -1.83. The molecule has 1 heteroatoms. The maximum Gasteiger partial charge on any atom is 0.150 e. The summed E-state index contributed by atoms with van der Waals surface area (Å²) in [5.41, 5.74) is 5.53. The zero-order valence-electron chi connectivity index (χ0n) is 13.1. The summed E-state index contributed by atoms with van der Waals surface area (Å²) < 4.78 is 0. The van der Waals surface area contributed by atoms with Gasteiger partial charge in [-0.3, -0.25) is 4.79 Å². The van der Waals surface area contributed by atoms with Crippen molar-refractivity contribution in [3.05, 3.63) is 96.6 Å². The van der Waals surface area contributed by atoms with Gasteiger partial charge in [0.05, 0.1) is 0 Å². The van der Waals surface area contributed by atoms with Gasteiger partial charge in [0.2, 0.25) is 0 Å². The second-order valence-electron chi connectivity index (χ2n) is 5.88. The van der Waals surface area contributed by atoms with E-state index in [4.69, 9.17) is 0 Å². The van der Waals surface area contributed by atoms with Gasteiger partial charge < -0.3 is 0 Å². The summed E-state index contributed by atoms with van der Waals surface area (Å²) in [7, 11) is 0. The molecule has 0 spiro atoms. The fourth-order valence-electron chi connectivity index (χ4n) is 3.00. The van der Waals surface area contributed by atoms with Gasteiger partial charge in [0.1, 0.15) is 6.29 Å². The molecule has 24 heavy (non-hydrogen) atoms. The second-order valence-corrected chi connectivity index (χ2v) is 5.88. The van der Waals surface area contributed by atoms with Crippen LogP contribution in [0.25, 0.3) is 33.0 Å². The van der Waals surface area contributed by atoms with Crippen molar-refractivity contribution in [3.63, 3.8) is 0 Å². The van der Waals surface area contributed by atoms with Gasteiger partial charge in [-0.25, -0.2) is 0 Å². The molecule has 0 unspecified atom stereocenters. The zero-order valence-corrected chi connectivity index (χ0v) is 13.1. The first kappa shape index (κ1) is 14.4. The van der Waals surface area contributed by atoms with Crippen molar-refractivity contribution in [2.24, 2.45) is 0 Å². The van der Waals surface area contributed by atoms with Crippen LogP contribution in [0.1, 0.15) is 10.4 Å². The number of hydrogen-bond donors (Lipinski definition) is 0. The Labute approximate surface area is 141 Å². The highest BCUT2D eigenvalue weighted by atomic mass is 16.1. The van der Waals surface area contributed by atoms with E-state index in [1.165, 1.54) is 22.3 Å². The summed E-state index contributed by atoms with van der Waals surface area (Å²) in [6.07, 6.45) is 0.885. The molecule has 0 aliphatic carbocycles. The average molecular weight is 308 g/mol. The van der Waals surface area contributed by atoms with E-state index in [1.54, 1.807) is 0 Å². The van der Waals surface area contributed by atoms with Crippen molar-refractivity contribution in [1.29, 1.82) is 0 Å². The molecule has 0 fully saturated rings. The third-order valence-corrected chi connectivity index (χ3v) is 4.33. The standard InChI is InChI=1S/C23H16O/c24-16-17-6-7-23-15-22(13-12-21(23)14-17)20-10-8-19(9-11-20)18-4-2-1-3-5-18/h1-16H. The summed E-state index contributed by atoms with van der Waals surface area (Å²) in [5.74, 6) is 0. The Kier molecular flexibility index (Phi) is 3.68. The highest BCUT2D eigenvalue weighted by Crippen LogP contribution is 2.27. The van der Waals surface area contributed by atoms with Crippen LogP contribution >= 0.6 is 0 Å². The summed E-state index contributed by atoms with van der Waals surface area (Å²) in [6.45, 7) is 0. The molecule has 4 rings (SSSR count). The zero-order chi connectivity index (χ0) is 16.4. The lowest BCUT2D eigenvalue weighted by molar-refractivity contribution is 0.112. The SMILES string of the molecule is O=Cc1ccc2cc(-c3ccc(-c4ccccc4)cc3)ccc2c1. The third kappa shape index (κ3) is 2.72. The lowest BCUT2D eigenvalue weighted by atomic mass is 9.98. The van der Waals surface area contributed by atoms with Crippen LogP contribution in [0.3, 0.4) is 0 Å². The second kappa shape index (κ2) is 6.13. The van der Waals surface area contributed by atoms with Crippen LogP contribution in [0.15, 0.2) is 91.0 Å². The number of rotatable bonds is 3. The van der Waals surface area contributed by atoms with Gasteiger partial charge in [-0.1, -0.05) is 78.9 Å². The molecular weight excluding hydrogens is 292 g/mol. The summed E-state index contributed by atoms with van der Waals surface area (Å²) >= 11 is 0. The van der Waals surface area contributed by atoms with Crippen molar-refractivity contribution in [2.45, 2.75) is 0 Å². The van der Waals surface area contributed by atoms with Gasteiger partial charge in [-0.2, -0.15) is 0 Å². The largest absolute Gasteiger partial charge is 0.298 e. The predicted octanol–water partition coefficient (Wildman–Crippen LogP) is 5.99. The molecule has 0 aromatic heterocycles. The van der Waals surface area contributed by atoms with Gasteiger partial charge in [0, 0.05) is 5.56 Å². The molecule has 0 radical (unpaired) electrons. The number of fused-ring (bicyclic) bond motifs is 1. The molecule has 0 heterocycles. The normalized spacial score (nSPS) is 10.7. The quantitative estimate of drug-likeness (QED) is 0.425. The molecule has 0 amide bonds. The number of carbonyl (C=O) groups excluding carboxylic acids is 1. The van der Waals surface area contributed by atoms with E-state index in [0.29, 0.717) is 5.56 Å². The van der Waals surface area contributed by atoms with E-state index in [-0.39, 0.29) is 0 Å². The molecule has 0 saturated carbocycles. The van der Waals surface area contributed by atoms with E-state index in [0.717, 1.165) is 17.1 Å². The molecule has 0 bridgehead atoms. The van der Waals surface area contributed by atoms with Crippen molar-refractivity contribution in [2.75, 3.05) is 0 Å². The summed E-state index contributed by atoms with van der Waals surface area (Å²) in [4.78, 5) is 10.9. The van der Waals surface area contributed by atoms with Gasteiger partial charge in [0.25, 0.3) is 0 Å². The van der Waals surface area contributed by atoms with E-state index in [2.05, 4.69) is 66.7 Å². The Morgan fingerprint density at radius 3 is 1.75 bits per heavy atom. The molecule has 0 N–H and O–H groups in total. The Balaban J connectivity index is 1.70. The van der Waals surface area contributed by atoms with Gasteiger partial charge in [0.15, 0.2) is 0 Å². The van der Waals surface area contributed by atoms with Crippen molar-refractivity contribution in [1.82, 2.24) is 0 Å². The number of hydrogen-bond acceptors (Lipinski definition) is 1. The number of carbonyl (C=O) groups is 1. The van der Waals surface area contributed by atoms with Gasteiger partial charge in [-0.05, 0) is 45.2 Å². The molecule has 0 saturated heterocycles. The highest BCUT2D eigenvalue weighted by molar-refractivity contribution is 5.91. The Bertz CT molecular complexity index is 999. The molecular formula is C23H16O. The van der Waals surface area contributed by atoms with Crippen molar-refractivity contribution >= 4 is 17.1 Å². The Morgan fingerprint density at radius 1 is 0.500 bits per heavy atom. The summed E-state index contributed by atoms with van der Waals surface area (Å²) in [5, 5.41) is 2.23. The monoisotopic (exact) mass is 308 g/mol. The van der Waals surface area contributed by atoms with Crippen LogP contribution in [0.4, 0.5) is 0 Å². The Morgan fingerprint density at radius 2 is 1.04 bits per heavy atom. The van der Waals surface area contributed by atoms with Gasteiger partial charge in [-0.15, -0.1) is 0 Å². The summed E-state index contributed by atoms with van der Waals surface area (Å²) in [6, 6.07) is 31.1. The minimum absolute atomic E-state index is 0.711. The average Bonchev–Trinajstić information content (AvgIpc) is 2.68. The van der Waals surface area contributed by atoms with Crippen molar-refractivity contribution in [3.8, 4) is 22.3 Å². The highest BCUT2D eigenvalue weighted by Gasteiger charge is 2.02. The van der Waals surface area contributed by atoms with E-state index in [1.807, 2.05) is 24.3 Å². The molecule has 0 aliphatic rings. The lowest BCUT2D eigenvalue weighted by Gasteiger charge is -2.07. The number of aldehydes is 1. The van der Waals surface area contributed by atoms with Crippen LogP contribution in [-0.4, -0.2) is 6.29 Å². The van der Waals surface area contributed by atoms with Crippen LogP contribution in [0.2, 0.25) is 0 Å². The maximum atomic E-state index is 10.9. The minimum Gasteiger partial charge on any atom is -0.298 e. The molecule has 4 aromatic rings. The van der Waals surface area contributed by atoms with Crippen LogP contribution < -0.4 is 0 Å². The van der Waals surface area contributed by atoms with Gasteiger partial charge >= 0.3 is 0 Å². The number of benzene rings is 4. The van der Waals surface area contributed by atoms with Crippen LogP contribution in [-0.2, 0) is 0 Å².